The number of amides is 1. The van der Waals surface area contributed by atoms with Gasteiger partial charge < -0.3 is 10.1 Å². The van der Waals surface area contributed by atoms with Crippen molar-refractivity contribution in [3.05, 3.63) is 34.7 Å². The molecule has 1 aromatic carbocycles. The van der Waals surface area contributed by atoms with Gasteiger partial charge >= 0.3 is 0 Å². The van der Waals surface area contributed by atoms with Crippen LogP contribution in [-0.2, 0) is 9.53 Å². The number of morpholine rings is 1. The number of ether oxygens (including phenoxy) is 1. The Morgan fingerprint density at radius 3 is 2.65 bits per heavy atom. The highest BCUT2D eigenvalue weighted by Gasteiger charge is 2.22. The van der Waals surface area contributed by atoms with Crippen molar-refractivity contribution in [1.82, 2.24) is 14.8 Å². The van der Waals surface area contributed by atoms with Gasteiger partial charge in [-0.25, -0.2) is 4.98 Å². The van der Waals surface area contributed by atoms with Crippen molar-refractivity contribution >= 4 is 22.4 Å². The fourth-order valence-corrected chi connectivity index (χ4v) is 5.09. The first kappa shape index (κ1) is 22.4. The summed E-state index contributed by atoms with van der Waals surface area (Å²) >= 11 is 1.49. The second-order valence-electron chi connectivity index (χ2n) is 8.85. The second-order valence-corrected chi connectivity index (χ2v) is 9.71. The molecule has 2 aliphatic heterocycles. The predicted octanol–water partition coefficient (Wildman–Crippen LogP) is 3.80. The number of nitrogens with one attached hydrogen (secondary N) is 1. The van der Waals surface area contributed by atoms with Gasteiger partial charge in [0.1, 0.15) is 0 Å². The highest BCUT2D eigenvalue weighted by Crippen LogP contribution is 2.27. The molecule has 31 heavy (non-hydrogen) atoms. The molecule has 0 spiro atoms. The summed E-state index contributed by atoms with van der Waals surface area (Å²) in [6.07, 6.45) is 3.64. The van der Waals surface area contributed by atoms with Crippen molar-refractivity contribution in [3.63, 3.8) is 0 Å². The molecule has 1 N–H and O–H groups in total. The largest absolute Gasteiger partial charge is 0.379 e. The number of aromatic nitrogens is 1. The van der Waals surface area contributed by atoms with Crippen LogP contribution in [0.3, 0.4) is 0 Å². The van der Waals surface area contributed by atoms with Crippen LogP contribution in [0.1, 0.15) is 30.4 Å². The predicted molar refractivity (Wildman–Crippen MR) is 127 cm³/mol. The first-order valence-electron chi connectivity index (χ1n) is 11.4. The molecule has 2 aliphatic rings. The third-order valence-corrected chi connectivity index (χ3v) is 7.34. The Labute approximate surface area is 189 Å². The van der Waals surface area contributed by atoms with Crippen LogP contribution in [0.2, 0.25) is 0 Å². The van der Waals surface area contributed by atoms with Crippen LogP contribution in [0.5, 0.6) is 0 Å². The molecule has 0 saturated carbocycles. The van der Waals surface area contributed by atoms with Crippen molar-refractivity contribution in [1.29, 1.82) is 0 Å². The number of anilines is 1. The second kappa shape index (κ2) is 10.7. The van der Waals surface area contributed by atoms with Gasteiger partial charge in [-0.1, -0.05) is 12.1 Å². The van der Waals surface area contributed by atoms with E-state index >= 15 is 0 Å². The van der Waals surface area contributed by atoms with E-state index in [0.717, 1.165) is 56.6 Å². The van der Waals surface area contributed by atoms with Crippen molar-refractivity contribution < 1.29 is 9.53 Å². The number of benzene rings is 1. The van der Waals surface area contributed by atoms with Crippen LogP contribution in [0, 0.1) is 19.8 Å². The van der Waals surface area contributed by atoms with E-state index in [1.807, 2.05) is 5.38 Å². The molecule has 0 atom stereocenters. The van der Waals surface area contributed by atoms with Crippen LogP contribution < -0.4 is 5.32 Å². The lowest BCUT2D eigenvalue weighted by molar-refractivity contribution is -0.117. The minimum atomic E-state index is 0.0350. The maximum atomic E-state index is 12.5. The first-order valence-corrected chi connectivity index (χ1v) is 12.3. The monoisotopic (exact) mass is 442 g/mol. The number of carbonyl (C=O) groups is 1. The zero-order valence-corrected chi connectivity index (χ0v) is 19.5. The molecular formula is C24H34N4O2S. The quantitative estimate of drug-likeness (QED) is 0.707. The molecule has 7 heteroatoms. The Kier molecular flexibility index (Phi) is 7.72. The number of hydrogen-bond donors (Lipinski definition) is 1. The number of nitrogens with zero attached hydrogens (tertiary/aromatic N) is 3. The fourth-order valence-electron chi connectivity index (χ4n) is 4.35. The Bertz CT molecular complexity index is 870. The van der Waals surface area contributed by atoms with Crippen molar-refractivity contribution in [2.45, 2.75) is 33.1 Å². The van der Waals surface area contributed by atoms with E-state index in [2.05, 4.69) is 52.1 Å². The SMILES string of the molecule is Cc1ccc(-c2csc(NC(=O)CN3CCC(CCN4CCOCC4)CC3)n2)cc1C. The lowest BCUT2D eigenvalue weighted by Crippen LogP contribution is -2.41. The van der Waals surface area contributed by atoms with E-state index in [0.29, 0.717) is 11.7 Å². The lowest BCUT2D eigenvalue weighted by atomic mass is 9.93. The Morgan fingerprint density at radius 2 is 1.90 bits per heavy atom. The van der Waals surface area contributed by atoms with Crippen LogP contribution in [-0.4, -0.2) is 73.2 Å². The summed E-state index contributed by atoms with van der Waals surface area (Å²) in [5.74, 6) is 0.814. The summed E-state index contributed by atoms with van der Waals surface area (Å²) < 4.78 is 5.43. The number of hydrogen-bond acceptors (Lipinski definition) is 6. The molecule has 4 rings (SSSR count). The molecule has 3 heterocycles. The Balaban J connectivity index is 1.19. The van der Waals surface area contributed by atoms with E-state index < -0.39 is 0 Å². The van der Waals surface area contributed by atoms with Gasteiger partial charge in [0, 0.05) is 24.0 Å². The molecule has 2 fully saturated rings. The third-order valence-electron chi connectivity index (χ3n) is 6.58. The summed E-state index contributed by atoms with van der Waals surface area (Å²) in [6, 6.07) is 6.36. The number of thiazole rings is 1. The lowest BCUT2D eigenvalue weighted by Gasteiger charge is -2.33. The summed E-state index contributed by atoms with van der Waals surface area (Å²) in [5.41, 5.74) is 4.55. The summed E-state index contributed by atoms with van der Waals surface area (Å²) in [6.45, 7) is 11.8. The van der Waals surface area contributed by atoms with E-state index in [1.54, 1.807) is 0 Å². The van der Waals surface area contributed by atoms with Crippen LogP contribution in [0.25, 0.3) is 11.3 Å². The Hall–Kier alpha value is -1.80. The molecule has 1 aromatic heterocycles. The zero-order valence-electron chi connectivity index (χ0n) is 18.7. The third kappa shape index (κ3) is 6.35. The van der Waals surface area contributed by atoms with Crippen molar-refractivity contribution in [2.75, 3.05) is 57.8 Å². The molecule has 6 nitrogen and oxygen atoms in total. The van der Waals surface area contributed by atoms with Crippen molar-refractivity contribution in [2.24, 2.45) is 5.92 Å². The molecule has 168 valence electrons. The minimum absolute atomic E-state index is 0.0350. The van der Waals surface area contributed by atoms with Crippen LogP contribution >= 0.6 is 11.3 Å². The molecule has 0 aliphatic carbocycles. The van der Waals surface area contributed by atoms with E-state index in [1.165, 1.54) is 48.3 Å². The topological polar surface area (TPSA) is 57.7 Å². The van der Waals surface area contributed by atoms with Gasteiger partial charge in [0.2, 0.25) is 5.91 Å². The van der Waals surface area contributed by atoms with Gasteiger partial charge in [-0.05, 0) is 75.9 Å². The highest BCUT2D eigenvalue weighted by atomic mass is 32.1. The number of rotatable bonds is 7. The summed E-state index contributed by atoms with van der Waals surface area (Å²) in [7, 11) is 0. The normalized spacial score (nSPS) is 18.9. The zero-order chi connectivity index (χ0) is 21.6. The van der Waals surface area contributed by atoms with Gasteiger partial charge in [-0.3, -0.25) is 14.6 Å². The molecule has 0 bridgehead atoms. The number of carbonyl (C=O) groups excluding carboxylic acids is 1. The number of likely N-dealkylation sites (tertiary alicyclic amines) is 1. The molecular weight excluding hydrogens is 408 g/mol. The van der Waals surface area contributed by atoms with Gasteiger partial charge in [0.05, 0.1) is 25.5 Å². The van der Waals surface area contributed by atoms with Crippen LogP contribution in [0.15, 0.2) is 23.6 Å². The number of aryl methyl sites for hydroxylation is 2. The standard InChI is InChI=1S/C24H34N4O2S/c1-18-3-4-21(15-19(18)2)22-17-31-24(25-22)26-23(29)16-28-9-6-20(7-10-28)5-8-27-11-13-30-14-12-27/h3-4,15,17,20H,5-14,16H2,1-2H3,(H,25,26,29). The van der Waals surface area contributed by atoms with Gasteiger partial charge in [-0.2, -0.15) is 0 Å². The van der Waals surface area contributed by atoms with Crippen LogP contribution in [0.4, 0.5) is 5.13 Å². The molecule has 0 radical (unpaired) electrons. The summed E-state index contributed by atoms with van der Waals surface area (Å²) in [4.78, 5) is 21.9. The van der Waals surface area contributed by atoms with Gasteiger partial charge in [-0.15, -0.1) is 11.3 Å². The Morgan fingerprint density at radius 1 is 1.13 bits per heavy atom. The summed E-state index contributed by atoms with van der Waals surface area (Å²) in [5, 5.41) is 5.69. The fraction of sp³-hybridized carbons (Fsp3) is 0.583. The molecule has 1 amide bonds. The number of piperidine rings is 1. The highest BCUT2D eigenvalue weighted by molar-refractivity contribution is 7.14. The maximum Gasteiger partial charge on any atom is 0.240 e. The van der Waals surface area contributed by atoms with Crippen molar-refractivity contribution in [3.8, 4) is 11.3 Å². The minimum Gasteiger partial charge on any atom is -0.379 e. The molecule has 2 saturated heterocycles. The van der Waals surface area contributed by atoms with E-state index in [9.17, 15) is 4.79 Å². The smallest absolute Gasteiger partial charge is 0.240 e. The average Bonchev–Trinajstić information content (AvgIpc) is 3.24. The van der Waals surface area contributed by atoms with E-state index in [-0.39, 0.29) is 5.91 Å². The maximum absolute atomic E-state index is 12.5. The van der Waals surface area contributed by atoms with Gasteiger partial charge in [0.25, 0.3) is 0 Å². The average molecular weight is 443 g/mol. The molecule has 2 aromatic rings. The first-order chi connectivity index (χ1) is 15.1. The van der Waals surface area contributed by atoms with E-state index in [4.69, 9.17) is 4.74 Å². The van der Waals surface area contributed by atoms with Gasteiger partial charge in [0.15, 0.2) is 5.13 Å². The molecule has 0 unspecified atom stereocenters.